The topological polar surface area (TPSA) is 93.1 Å². The van der Waals surface area contributed by atoms with Crippen LogP contribution in [0.25, 0.3) is 0 Å². The number of esters is 2. The number of ether oxygens (including phenoxy) is 2. The van der Waals surface area contributed by atoms with Crippen molar-refractivity contribution in [3.63, 3.8) is 0 Å². The van der Waals surface area contributed by atoms with E-state index in [-0.39, 0.29) is 25.0 Å². The predicted octanol–water partition coefficient (Wildman–Crippen LogP) is 1.02. The van der Waals surface area contributed by atoms with E-state index in [9.17, 15) is 9.59 Å². The molecule has 0 amide bonds. The largest absolute Gasteiger partial charge is 0.460 e. The molecule has 2 atom stereocenters. The monoisotopic (exact) mass is 342 g/mol. The van der Waals surface area contributed by atoms with Crippen LogP contribution in [0, 0.1) is 0 Å². The zero-order chi connectivity index (χ0) is 16.8. The maximum Gasteiger partial charge on any atom is 0.333 e. The van der Waals surface area contributed by atoms with E-state index < -0.39 is 24.1 Å². The van der Waals surface area contributed by atoms with E-state index in [1.807, 2.05) is 0 Å². The van der Waals surface area contributed by atoms with Gasteiger partial charge in [-0.15, -0.1) is 23.2 Å². The molecule has 0 rings (SSSR count). The SMILES string of the molecule is C=C(C)C(=O)OCC(O)CCl.C=CC(=O)OCC(O)CCl. The highest BCUT2D eigenvalue weighted by Crippen LogP contribution is 1.95. The summed E-state index contributed by atoms with van der Waals surface area (Å²) in [6.45, 7) is 7.93. The number of aliphatic hydroxyl groups excluding tert-OH is 2. The van der Waals surface area contributed by atoms with E-state index in [1.165, 1.54) is 6.92 Å². The van der Waals surface area contributed by atoms with Gasteiger partial charge < -0.3 is 19.7 Å². The molecule has 0 spiro atoms. The molecule has 0 saturated heterocycles. The second-order valence-corrected chi connectivity index (χ2v) is 4.45. The van der Waals surface area contributed by atoms with Gasteiger partial charge in [0.25, 0.3) is 0 Å². The first-order valence-corrected chi connectivity index (χ1v) is 6.95. The first kappa shape index (κ1) is 22.2. The third kappa shape index (κ3) is 15.1. The molecular formula is C13H20Cl2O6. The predicted molar refractivity (Wildman–Crippen MR) is 80.4 cm³/mol. The first-order valence-electron chi connectivity index (χ1n) is 5.88. The van der Waals surface area contributed by atoms with Crippen LogP contribution in [0.4, 0.5) is 0 Å². The fraction of sp³-hybridized carbons (Fsp3) is 0.538. The number of rotatable bonds is 8. The van der Waals surface area contributed by atoms with Crippen LogP contribution in [0.5, 0.6) is 0 Å². The average Bonchev–Trinajstić information content (AvgIpc) is 2.49. The number of aliphatic hydroxyl groups is 2. The number of carbonyl (C=O) groups is 2. The molecule has 0 aromatic rings. The van der Waals surface area contributed by atoms with Crippen LogP contribution in [-0.2, 0) is 19.1 Å². The van der Waals surface area contributed by atoms with Gasteiger partial charge in [0.2, 0.25) is 0 Å². The Morgan fingerprint density at radius 1 is 1.14 bits per heavy atom. The Morgan fingerprint density at radius 3 is 1.90 bits per heavy atom. The average molecular weight is 343 g/mol. The molecule has 6 nitrogen and oxygen atoms in total. The van der Waals surface area contributed by atoms with Crippen molar-refractivity contribution in [2.45, 2.75) is 19.1 Å². The maximum absolute atomic E-state index is 10.7. The van der Waals surface area contributed by atoms with Crippen molar-refractivity contribution in [3.8, 4) is 0 Å². The smallest absolute Gasteiger partial charge is 0.333 e. The van der Waals surface area contributed by atoms with Gasteiger partial charge in [-0.2, -0.15) is 0 Å². The Labute approximate surface area is 133 Å². The fourth-order valence-electron chi connectivity index (χ4n) is 0.621. The highest BCUT2D eigenvalue weighted by molar-refractivity contribution is 6.18. The molecule has 8 heteroatoms. The lowest BCUT2D eigenvalue weighted by Crippen LogP contribution is -2.19. The molecule has 0 aliphatic rings. The molecule has 0 aromatic carbocycles. The Balaban J connectivity index is 0. The lowest BCUT2D eigenvalue weighted by molar-refractivity contribution is -0.141. The molecular weight excluding hydrogens is 323 g/mol. The minimum Gasteiger partial charge on any atom is -0.460 e. The molecule has 2 N–H and O–H groups in total. The van der Waals surface area contributed by atoms with Crippen molar-refractivity contribution in [3.05, 3.63) is 24.8 Å². The third-order valence-corrected chi connectivity index (χ3v) is 2.41. The van der Waals surface area contributed by atoms with Crippen LogP contribution in [0.3, 0.4) is 0 Å². The molecule has 2 unspecified atom stereocenters. The van der Waals surface area contributed by atoms with E-state index in [4.69, 9.17) is 33.4 Å². The lowest BCUT2D eigenvalue weighted by Gasteiger charge is -2.07. The van der Waals surface area contributed by atoms with Gasteiger partial charge in [-0.3, -0.25) is 0 Å². The van der Waals surface area contributed by atoms with Crippen LogP contribution >= 0.6 is 23.2 Å². The molecule has 122 valence electrons. The van der Waals surface area contributed by atoms with Crippen LogP contribution < -0.4 is 0 Å². The van der Waals surface area contributed by atoms with Crippen LogP contribution in [0.1, 0.15) is 6.92 Å². The normalized spacial score (nSPS) is 12.2. The molecule has 21 heavy (non-hydrogen) atoms. The van der Waals surface area contributed by atoms with Crippen LogP contribution in [0.15, 0.2) is 24.8 Å². The molecule has 0 heterocycles. The van der Waals surface area contributed by atoms with E-state index in [1.54, 1.807) is 0 Å². The summed E-state index contributed by atoms with van der Waals surface area (Å²) in [6, 6.07) is 0. The Bertz CT molecular complexity index is 346. The van der Waals surface area contributed by atoms with E-state index in [0.717, 1.165) is 6.08 Å². The first-order chi connectivity index (χ1) is 9.78. The quantitative estimate of drug-likeness (QED) is 0.388. The number of halogens is 2. The highest BCUT2D eigenvalue weighted by Gasteiger charge is 2.07. The van der Waals surface area contributed by atoms with E-state index in [0.29, 0.717) is 5.57 Å². The summed E-state index contributed by atoms with van der Waals surface area (Å²) < 4.78 is 9.04. The number of alkyl halides is 2. The number of hydrogen-bond acceptors (Lipinski definition) is 6. The summed E-state index contributed by atoms with van der Waals surface area (Å²) in [6.07, 6.45) is -0.549. The van der Waals surface area contributed by atoms with Crippen molar-refractivity contribution in [1.82, 2.24) is 0 Å². The van der Waals surface area contributed by atoms with Gasteiger partial charge in [0, 0.05) is 11.6 Å². The van der Waals surface area contributed by atoms with Crippen LogP contribution in [-0.4, -0.2) is 59.3 Å². The zero-order valence-electron chi connectivity index (χ0n) is 11.8. The van der Waals surface area contributed by atoms with Crippen LogP contribution in [0.2, 0.25) is 0 Å². The second-order valence-electron chi connectivity index (χ2n) is 3.83. The van der Waals surface area contributed by atoms with Gasteiger partial charge in [0.1, 0.15) is 25.4 Å². The molecule has 0 saturated carbocycles. The van der Waals surface area contributed by atoms with Gasteiger partial charge in [-0.05, 0) is 6.92 Å². The fourth-order valence-corrected chi connectivity index (χ4v) is 0.800. The Hall–Kier alpha value is -1.08. The van der Waals surface area contributed by atoms with Crippen molar-refractivity contribution >= 4 is 35.1 Å². The Kier molecular flexibility index (Phi) is 14.7. The van der Waals surface area contributed by atoms with Gasteiger partial charge in [0.15, 0.2) is 0 Å². The summed E-state index contributed by atoms with van der Waals surface area (Å²) in [5.74, 6) is -0.938. The van der Waals surface area contributed by atoms with Crippen molar-refractivity contribution in [1.29, 1.82) is 0 Å². The maximum atomic E-state index is 10.7. The summed E-state index contributed by atoms with van der Waals surface area (Å²) in [5.41, 5.74) is 0.312. The third-order valence-electron chi connectivity index (χ3n) is 1.70. The number of hydrogen-bond donors (Lipinski definition) is 2. The van der Waals surface area contributed by atoms with E-state index in [2.05, 4.69) is 22.6 Å². The summed E-state index contributed by atoms with van der Waals surface area (Å²) >= 11 is 10.5. The van der Waals surface area contributed by atoms with Crippen molar-refractivity contribution in [2.75, 3.05) is 25.0 Å². The lowest BCUT2D eigenvalue weighted by atomic mass is 10.3. The molecule has 0 radical (unpaired) electrons. The summed E-state index contributed by atoms with van der Waals surface area (Å²) in [7, 11) is 0. The zero-order valence-corrected chi connectivity index (χ0v) is 13.3. The Morgan fingerprint density at radius 2 is 1.57 bits per heavy atom. The minimum absolute atomic E-state index is 0.0590. The molecule has 0 bridgehead atoms. The van der Waals surface area contributed by atoms with Gasteiger partial charge in [0.05, 0.1) is 11.8 Å². The second kappa shape index (κ2) is 13.9. The minimum atomic E-state index is -0.792. The molecule has 0 aliphatic carbocycles. The molecule has 0 aliphatic heterocycles. The van der Waals surface area contributed by atoms with Gasteiger partial charge >= 0.3 is 11.9 Å². The number of carbonyl (C=O) groups excluding carboxylic acids is 2. The van der Waals surface area contributed by atoms with Crippen molar-refractivity contribution in [2.24, 2.45) is 0 Å². The molecule has 0 aromatic heterocycles. The van der Waals surface area contributed by atoms with E-state index >= 15 is 0 Å². The van der Waals surface area contributed by atoms with Crippen molar-refractivity contribution < 1.29 is 29.3 Å². The standard InChI is InChI=1S/C7H11ClO3.C6H9ClO3/c1-5(2)7(10)11-4-6(9)3-8;1-2-6(9)10-4-5(8)3-7/h6,9H,1,3-4H2,2H3;2,5,8H,1,3-4H2. The summed E-state index contributed by atoms with van der Waals surface area (Å²) in [5, 5.41) is 17.6. The highest BCUT2D eigenvalue weighted by atomic mass is 35.5. The molecule has 0 fully saturated rings. The van der Waals surface area contributed by atoms with Gasteiger partial charge in [-0.25, -0.2) is 9.59 Å². The van der Waals surface area contributed by atoms with Gasteiger partial charge in [-0.1, -0.05) is 13.2 Å². The summed E-state index contributed by atoms with van der Waals surface area (Å²) in [4.78, 5) is 21.0.